The van der Waals surface area contributed by atoms with Crippen LogP contribution < -0.4 is 4.74 Å². The molecule has 0 saturated carbocycles. The summed E-state index contributed by atoms with van der Waals surface area (Å²) >= 11 is 13.0. The summed E-state index contributed by atoms with van der Waals surface area (Å²) in [7, 11) is 0. The van der Waals surface area contributed by atoms with Gasteiger partial charge in [0.05, 0.1) is 21.1 Å². The minimum atomic E-state index is -4.88. The second-order valence-electron chi connectivity index (χ2n) is 4.82. The van der Waals surface area contributed by atoms with E-state index in [0.29, 0.717) is 14.2 Å². The molecule has 0 aliphatic heterocycles. The van der Waals surface area contributed by atoms with E-state index in [0.717, 1.165) is 23.5 Å². The van der Waals surface area contributed by atoms with Gasteiger partial charge in [-0.2, -0.15) is 0 Å². The predicted octanol–water partition coefficient (Wildman–Crippen LogP) is 5.87. The fraction of sp³-hybridized carbons (Fsp3) is 0.0667. The average Bonchev–Trinajstić information content (AvgIpc) is 2.83. The number of thiophene rings is 1. The Morgan fingerprint density at radius 1 is 1.20 bits per heavy atom. The van der Waals surface area contributed by atoms with E-state index >= 15 is 0 Å². The van der Waals surface area contributed by atoms with Crippen LogP contribution in [0.4, 0.5) is 13.2 Å². The highest BCUT2D eigenvalue weighted by molar-refractivity contribution is 7.20. The van der Waals surface area contributed by atoms with Crippen LogP contribution in [0.1, 0.15) is 10.4 Å². The average molecular weight is 408 g/mol. The van der Waals surface area contributed by atoms with E-state index in [-0.39, 0.29) is 22.2 Å². The van der Waals surface area contributed by atoms with Gasteiger partial charge in [-0.05, 0) is 30.3 Å². The molecule has 1 aromatic carbocycles. The van der Waals surface area contributed by atoms with Crippen LogP contribution in [-0.2, 0) is 0 Å². The third-order valence-corrected chi connectivity index (χ3v) is 4.66. The Morgan fingerprint density at radius 2 is 1.92 bits per heavy atom. The number of carboxylic acid groups (broad SMARTS) is 1. The molecule has 3 rings (SSSR count). The Hall–Kier alpha value is -2.03. The Morgan fingerprint density at radius 3 is 2.48 bits per heavy atom. The lowest BCUT2D eigenvalue weighted by Crippen LogP contribution is -2.17. The van der Waals surface area contributed by atoms with Gasteiger partial charge in [0.25, 0.3) is 0 Å². The summed E-state index contributed by atoms with van der Waals surface area (Å²) in [6, 6.07) is 6.04. The SMILES string of the molecule is O=C(O)c1cc(-c2cc(Cl)sc2Cl)nc2ccc(OC(F)(F)F)cc12. The minimum Gasteiger partial charge on any atom is -0.478 e. The van der Waals surface area contributed by atoms with Crippen molar-refractivity contribution in [2.45, 2.75) is 6.36 Å². The fourth-order valence-electron chi connectivity index (χ4n) is 2.23. The molecule has 1 N–H and O–H groups in total. The molecule has 0 aliphatic rings. The van der Waals surface area contributed by atoms with Gasteiger partial charge >= 0.3 is 12.3 Å². The molecule has 4 nitrogen and oxygen atoms in total. The van der Waals surface area contributed by atoms with Crippen molar-refractivity contribution in [3.63, 3.8) is 0 Å². The molecular formula is C15H6Cl2F3NO3S. The maximum Gasteiger partial charge on any atom is 0.573 e. The minimum absolute atomic E-state index is 0.00967. The molecular weight excluding hydrogens is 402 g/mol. The number of carboxylic acids is 1. The number of aromatic nitrogens is 1. The fourth-order valence-corrected chi connectivity index (χ4v) is 3.71. The molecule has 0 atom stereocenters. The van der Waals surface area contributed by atoms with Crippen LogP contribution in [0, 0.1) is 0 Å². The highest BCUT2D eigenvalue weighted by Crippen LogP contribution is 2.39. The zero-order valence-corrected chi connectivity index (χ0v) is 14.2. The number of rotatable bonds is 3. The summed E-state index contributed by atoms with van der Waals surface area (Å²) in [6.45, 7) is 0. The summed E-state index contributed by atoms with van der Waals surface area (Å²) in [6.07, 6.45) is -4.88. The number of nitrogens with zero attached hydrogens (tertiary/aromatic N) is 1. The Labute approximate surface area is 152 Å². The molecule has 0 saturated heterocycles. The molecule has 25 heavy (non-hydrogen) atoms. The van der Waals surface area contributed by atoms with E-state index in [2.05, 4.69) is 9.72 Å². The second kappa shape index (κ2) is 6.36. The predicted molar refractivity (Wildman–Crippen MR) is 88.7 cm³/mol. The zero-order chi connectivity index (χ0) is 18.4. The van der Waals surface area contributed by atoms with Crippen molar-refractivity contribution in [2.75, 3.05) is 0 Å². The van der Waals surface area contributed by atoms with E-state index in [4.69, 9.17) is 23.2 Å². The first kappa shape index (κ1) is 17.8. The van der Waals surface area contributed by atoms with Crippen LogP contribution in [0.5, 0.6) is 5.75 Å². The number of alkyl halides is 3. The van der Waals surface area contributed by atoms with Crippen molar-refractivity contribution in [2.24, 2.45) is 0 Å². The Balaban J connectivity index is 2.20. The van der Waals surface area contributed by atoms with Crippen LogP contribution in [0.25, 0.3) is 22.2 Å². The Bertz CT molecular complexity index is 988. The molecule has 0 unspecified atom stereocenters. The molecule has 0 aliphatic carbocycles. The number of pyridine rings is 1. The van der Waals surface area contributed by atoms with Crippen molar-refractivity contribution >= 4 is 51.4 Å². The molecule has 2 aromatic heterocycles. The third-order valence-electron chi connectivity index (χ3n) is 3.18. The van der Waals surface area contributed by atoms with E-state index in [9.17, 15) is 23.1 Å². The lowest BCUT2D eigenvalue weighted by molar-refractivity contribution is -0.274. The number of benzene rings is 1. The van der Waals surface area contributed by atoms with Gasteiger partial charge in [0.15, 0.2) is 0 Å². The largest absolute Gasteiger partial charge is 0.573 e. The number of halogens is 5. The van der Waals surface area contributed by atoms with Gasteiger partial charge in [-0.1, -0.05) is 23.2 Å². The number of aromatic carboxylic acids is 1. The summed E-state index contributed by atoms with van der Waals surface area (Å²) in [5, 5.41) is 9.41. The van der Waals surface area contributed by atoms with E-state index < -0.39 is 18.1 Å². The maximum atomic E-state index is 12.4. The summed E-state index contributed by atoms with van der Waals surface area (Å²) < 4.78 is 41.6. The molecule has 0 spiro atoms. The van der Waals surface area contributed by atoms with Crippen LogP contribution in [0.15, 0.2) is 30.3 Å². The number of carbonyl (C=O) groups is 1. The van der Waals surface area contributed by atoms with Crippen molar-refractivity contribution < 1.29 is 27.8 Å². The monoisotopic (exact) mass is 407 g/mol. The third kappa shape index (κ3) is 3.81. The number of hydrogen-bond acceptors (Lipinski definition) is 4. The lowest BCUT2D eigenvalue weighted by Gasteiger charge is -2.11. The molecule has 0 fully saturated rings. The second-order valence-corrected chi connectivity index (χ2v) is 7.11. The maximum absolute atomic E-state index is 12.4. The van der Waals surface area contributed by atoms with Crippen LogP contribution in [-0.4, -0.2) is 22.4 Å². The van der Waals surface area contributed by atoms with Gasteiger partial charge in [0, 0.05) is 10.9 Å². The molecule has 0 amide bonds. The highest BCUT2D eigenvalue weighted by atomic mass is 35.5. The molecule has 0 radical (unpaired) electrons. The van der Waals surface area contributed by atoms with Gasteiger partial charge in [-0.25, -0.2) is 9.78 Å². The molecule has 3 aromatic rings. The van der Waals surface area contributed by atoms with Crippen LogP contribution >= 0.6 is 34.5 Å². The first-order valence-electron chi connectivity index (χ1n) is 6.53. The molecule has 130 valence electrons. The van der Waals surface area contributed by atoms with E-state index in [1.165, 1.54) is 18.2 Å². The van der Waals surface area contributed by atoms with Crippen molar-refractivity contribution in [3.8, 4) is 17.0 Å². The standard InChI is InChI=1S/C15H6Cl2F3NO3S/c16-12-5-9(13(17)25-12)11-4-8(14(22)23)7-3-6(24-15(18,19)20)1-2-10(7)21-11/h1-5H,(H,22,23). The van der Waals surface area contributed by atoms with Crippen LogP contribution in [0.2, 0.25) is 8.67 Å². The van der Waals surface area contributed by atoms with Gasteiger partial charge in [-0.15, -0.1) is 24.5 Å². The van der Waals surface area contributed by atoms with Crippen molar-refractivity contribution in [1.29, 1.82) is 0 Å². The summed E-state index contributed by atoms with van der Waals surface area (Å²) in [5.41, 5.74) is 0.646. The first-order chi connectivity index (χ1) is 11.6. The van der Waals surface area contributed by atoms with E-state index in [1.807, 2.05) is 0 Å². The summed E-state index contributed by atoms with van der Waals surface area (Å²) in [4.78, 5) is 15.8. The van der Waals surface area contributed by atoms with Gasteiger partial charge < -0.3 is 9.84 Å². The van der Waals surface area contributed by atoms with Crippen LogP contribution in [0.3, 0.4) is 0 Å². The number of fused-ring (bicyclic) bond motifs is 1. The molecule has 0 bridgehead atoms. The van der Waals surface area contributed by atoms with Gasteiger partial charge in [0.1, 0.15) is 10.1 Å². The lowest BCUT2D eigenvalue weighted by atomic mass is 10.1. The normalized spacial score (nSPS) is 11.7. The van der Waals surface area contributed by atoms with Gasteiger partial charge in [0.2, 0.25) is 0 Å². The highest BCUT2D eigenvalue weighted by Gasteiger charge is 2.31. The quantitative estimate of drug-likeness (QED) is 0.589. The smallest absolute Gasteiger partial charge is 0.478 e. The molecule has 2 heterocycles. The van der Waals surface area contributed by atoms with Crippen molar-refractivity contribution in [3.05, 3.63) is 44.6 Å². The van der Waals surface area contributed by atoms with Gasteiger partial charge in [-0.3, -0.25) is 0 Å². The topological polar surface area (TPSA) is 59.4 Å². The number of ether oxygens (including phenoxy) is 1. The van der Waals surface area contributed by atoms with E-state index in [1.54, 1.807) is 0 Å². The van der Waals surface area contributed by atoms with Crippen molar-refractivity contribution in [1.82, 2.24) is 4.98 Å². The number of hydrogen-bond donors (Lipinski definition) is 1. The first-order valence-corrected chi connectivity index (χ1v) is 8.10. The molecule has 10 heteroatoms. The summed E-state index contributed by atoms with van der Waals surface area (Å²) in [5.74, 6) is -1.86. The zero-order valence-electron chi connectivity index (χ0n) is 11.9. The Kier molecular flexibility index (Phi) is 4.52.